The highest BCUT2D eigenvalue weighted by Crippen LogP contribution is 2.46. The monoisotopic (exact) mass is 251 g/mol. The fourth-order valence-corrected chi connectivity index (χ4v) is 1.79. The maximum absolute atomic E-state index is 13.1. The Hall–Kier alpha value is -2.11. The van der Waals surface area contributed by atoms with Crippen molar-refractivity contribution in [3.8, 4) is 0 Å². The molecule has 1 saturated carbocycles. The van der Waals surface area contributed by atoms with Gasteiger partial charge in [0, 0.05) is 5.69 Å². The van der Waals surface area contributed by atoms with Gasteiger partial charge in [0.25, 0.3) is 0 Å². The van der Waals surface area contributed by atoms with E-state index in [0.717, 1.165) is 5.56 Å². The van der Waals surface area contributed by atoms with Crippen LogP contribution in [0.4, 0.5) is 10.1 Å². The van der Waals surface area contributed by atoms with Gasteiger partial charge in [-0.25, -0.2) is 4.39 Å². The SMILES string of the molecule is Cc1ccc(F)cc1NC(=O)C1(/C(N)=N/O)CC1. The normalized spacial score (nSPS) is 17.3. The van der Waals surface area contributed by atoms with Gasteiger partial charge in [-0.05, 0) is 37.5 Å². The Kier molecular flexibility index (Phi) is 2.94. The van der Waals surface area contributed by atoms with E-state index in [-0.39, 0.29) is 11.7 Å². The van der Waals surface area contributed by atoms with Crippen LogP contribution < -0.4 is 11.1 Å². The summed E-state index contributed by atoms with van der Waals surface area (Å²) in [4.78, 5) is 12.1. The summed E-state index contributed by atoms with van der Waals surface area (Å²) in [5.74, 6) is -0.898. The maximum Gasteiger partial charge on any atom is 0.238 e. The number of hydrogen-bond donors (Lipinski definition) is 3. The molecule has 18 heavy (non-hydrogen) atoms. The van der Waals surface area contributed by atoms with Crippen molar-refractivity contribution in [3.63, 3.8) is 0 Å². The second-order valence-electron chi connectivity index (χ2n) is 4.48. The van der Waals surface area contributed by atoms with E-state index >= 15 is 0 Å². The second kappa shape index (κ2) is 4.29. The number of carbonyl (C=O) groups excluding carboxylic acids is 1. The smallest absolute Gasteiger partial charge is 0.238 e. The molecule has 0 atom stereocenters. The van der Waals surface area contributed by atoms with Crippen LogP contribution in [-0.4, -0.2) is 17.0 Å². The van der Waals surface area contributed by atoms with Crippen molar-refractivity contribution in [2.24, 2.45) is 16.3 Å². The summed E-state index contributed by atoms with van der Waals surface area (Å²) in [6.45, 7) is 1.76. The minimum Gasteiger partial charge on any atom is -0.409 e. The molecule has 1 aliphatic carbocycles. The van der Waals surface area contributed by atoms with E-state index < -0.39 is 11.2 Å². The second-order valence-corrected chi connectivity index (χ2v) is 4.48. The molecule has 0 aliphatic heterocycles. The average Bonchev–Trinajstić information content (AvgIpc) is 3.14. The standard InChI is InChI=1S/C12H14FN3O2/c1-7-2-3-8(13)6-9(7)15-11(17)12(4-5-12)10(14)16-18/h2-3,6,18H,4-5H2,1H3,(H2,14,16)(H,15,17). The van der Waals surface area contributed by atoms with Crippen molar-refractivity contribution in [2.45, 2.75) is 19.8 Å². The zero-order valence-corrected chi connectivity index (χ0v) is 9.90. The van der Waals surface area contributed by atoms with Crippen molar-refractivity contribution >= 4 is 17.4 Å². The van der Waals surface area contributed by atoms with E-state index in [1.165, 1.54) is 12.1 Å². The number of hydrogen-bond acceptors (Lipinski definition) is 3. The van der Waals surface area contributed by atoms with Crippen LogP contribution in [0.2, 0.25) is 0 Å². The topological polar surface area (TPSA) is 87.7 Å². The fourth-order valence-electron chi connectivity index (χ4n) is 1.79. The minimum absolute atomic E-state index is 0.103. The maximum atomic E-state index is 13.1. The summed E-state index contributed by atoms with van der Waals surface area (Å²) in [7, 11) is 0. The molecule has 1 fully saturated rings. The Labute approximate surface area is 103 Å². The van der Waals surface area contributed by atoms with E-state index in [1.54, 1.807) is 13.0 Å². The number of nitrogens with zero attached hydrogens (tertiary/aromatic N) is 1. The molecule has 0 heterocycles. The number of amidine groups is 1. The van der Waals surface area contributed by atoms with E-state index in [1.807, 2.05) is 0 Å². The Morgan fingerprint density at radius 3 is 2.78 bits per heavy atom. The highest BCUT2D eigenvalue weighted by atomic mass is 19.1. The van der Waals surface area contributed by atoms with Gasteiger partial charge < -0.3 is 16.3 Å². The van der Waals surface area contributed by atoms with Crippen LogP contribution in [-0.2, 0) is 4.79 Å². The molecule has 0 bridgehead atoms. The molecule has 0 radical (unpaired) electrons. The highest BCUT2D eigenvalue weighted by Gasteiger charge is 2.54. The third-order valence-electron chi connectivity index (χ3n) is 3.23. The summed E-state index contributed by atoms with van der Waals surface area (Å²) in [5.41, 5.74) is 5.71. The summed E-state index contributed by atoms with van der Waals surface area (Å²) in [6, 6.07) is 4.14. The van der Waals surface area contributed by atoms with Gasteiger partial charge in [0.1, 0.15) is 11.2 Å². The Balaban J connectivity index is 2.20. The lowest BCUT2D eigenvalue weighted by molar-refractivity contribution is -0.119. The predicted octanol–water partition coefficient (Wildman–Crippen LogP) is 1.60. The summed E-state index contributed by atoms with van der Waals surface area (Å²) in [5, 5.41) is 14.2. The van der Waals surface area contributed by atoms with Crippen molar-refractivity contribution in [1.82, 2.24) is 0 Å². The molecular formula is C12H14FN3O2. The first kappa shape index (κ1) is 12.3. The molecule has 96 valence electrons. The Bertz CT molecular complexity index is 524. The molecular weight excluding hydrogens is 237 g/mol. The van der Waals surface area contributed by atoms with Crippen molar-refractivity contribution in [2.75, 3.05) is 5.32 Å². The number of rotatable bonds is 3. The minimum atomic E-state index is -0.937. The molecule has 1 aromatic rings. The molecule has 0 aromatic heterocycles. The quantitative estimate of drug-likeness (QED) is 0.330. The van der Waals surface area contributed by atoms with Gasteiger partial charge in [0.15, 0.2) is 5.84 Å². The summed E-state index contributed by atoms with van der Waals surface area (Å²) in [6.07, 6.45) is 1.06. The Morgan fingerprint density at radius 1 is 1.56 bits per heavy atom. The number of nitrogens with two attached hydrogens (primary N) is 1. The third kappa shape index (κ3) is 2.01. The fraction of sp³-hybridized carbons (Fsp3) is 0.333. The van der Waals surface area contributed by atoms with Gasteiger partial charge in [-0.2, -0.15) is 0 Å². The first-order valence-corrected chi connectivity index (χ1v) is 5.55. The van der Waals surface area contributed by atoms with Gasteiger partial charge in [0.05, 0.1) is 0 Å². The number of oxime groups is 1. The highest BCUT2D eigenvalue weighted by molar-refractivity contribution is 6.14. The van der Waals surface area contributed by atoms with Gasteiger partial charge in [-0.15, -0.1) is 0 Å². The largest absolute Gasteiger partial charge is 0.409 e. The van der Waals surface area contributed by atoms with E-state index in [9.17, 15) is 9.18 Å². The predicted molar refractivity (Wildman–Crippen MR) is 64.8 cm³/mol. The summed E-state index contributed by atoms with van der Waals surface area (Å²) < 4.78 is 13.1. The number of aryl methyl sites for hydroxylation is 1. The zero-order chi connectivity index (χ0) is 13.3. The average molecular weight is 251 g/mol. The Morgan fingerprint density at radius 2 is 2.22 bits per heavy atom. The van der Waals surface area contributed by atoms with Crippen LogP contribution in [0.1, 0.15) is 18.4 Å². The number of amides is 1. The van der Waals surface area contributed by atoms with Crippen LogP contribution in [0.25, 0.3) is 0 Å². The van der Waals surface area contributed by atoms with Gasteiger partial charge in [0.2, 0.25) is 5.91 Å². The van der Waals surface area contributed by atoms with Gasteiger partial charge >= 0.3 is 0 Å². The summed E-state index contributed by atoms with van der Waals surface area (Å²) >= 11 is 0. The third-order valence-corrected chi connectivity index (χ3v) is 3.23. The van der Waals surface area contributed by atoms with E-state index in [2.05, 4.69) is 10.5 Å². The number of benzene rings is 1. The lowest BCUT2D eigenvalue weighted by atomic mass is 10.0. The van der Waals surface area contributed by atoms with Crippen LogP contribution >= 0.6 is 0 Å². The molecule has 0 saturated heterocycles. The van der Waals surface area contributed by atoms with Crippen LogP contribution in [0, 0.1) is 18.2 Å². The van der Waals surface area contributed by atoms with Crippen molar-refractivity contribution in [1.29, 1.82) is 0 Å². The number of halogens is 1. The molecule has 5 nitrogen and oxygen atoms in total. The van der Waals surface area contributed by atoms with Crippen molar-refractivity contribution in [3.05, 3.63) is 29.6 Å². The van der Waals surface area contributed by atoms with Crippen molar-refractivity contribution < 1.29 is 14.4 Å². The molecule has 0 unspecified atom stereocenters. The molecule has 1 amide bonds. The van der Waals surface area contributed by atoms with Crippen LogP contribution in [0.3, 0.4) is 0 Å². The number of anilines is 1. The number of carbonyl (C=O) groups is 1. The molecule has 6 heteroatoms. The zero-order valence-electron chi connectivity index (χ0n) is 9.90. The lowest BCUT2D eigenvalue weighted by Crippen LogP contribution is -2.36. The molecule has 0 spiro atoms. The van der Waals surface area contributed by atoms with Gasteiger partial charge in [-0.3, -0.25) is 4.79 Å². The molecule has 4 N–H and O–H groups in total. The van der Waals surface area contributed by atoms with Gasteiger partial charge in [-0.1, -0.05) is 11.2 Å². The molecule has 1 aliphatic rings. The molecule has 1 aromatic carbocycles. The van der Waals surface area contributed by atoms with E-state index in [4.69, 9.17) is 10.9 Å². The number of nitrogens with one attached hydrogen (secondary N) is 1. The first-order valence-electron chi connectivity index (χ1n) is 5.55. The molecule has 2 rings (SSSR count). The van der Waals surface area contributed by atoms with E-state index in [0.29, 0.717) is 18.5 Å². The first-order chi connectivity index (χ1) is 8.49. The lowest BCUT2D eigenvalue weighted by Gasteiger charge is -2.15. The van der Waals surface area contributed by atoms with Crippen LogP contribution in [0.15, 0.2) is 23.4 Å². The van der Waals surface area contributed by atoms with Crippen LogP contribution in [0.5, 0.6) is 0 Å².